The number of nitrogens with one attached hydrogen (secondary N) is 6. The fourth-order valence-corrected chi connectivity index (χ4v) is 11.3. The molecule has 85 heavy (non-hydrogen) atoms. The number of fused-ring (bicyclic) bond motifs is 3. The number of aromatic nitrogens is 9. The number of methoxy groups -OCH3 is 1. The first-order valence-electron chi connectivity index (χ1n) is 28.1. The minimum Gasteiger partial charge on any atom is -0.497 e. The van der Waals surface area contributed by atoms with Gasteiger partial charge in [-0.2, -0.15) is 0 Å². The zero-order valence-corrected chi connectivity index (χ0v) is 50.9. The minimum absolute atomic E-state index is 0.00343. The zero-order valence-electron chi connectivity index (χ0n) is 48.6. The van der Waals surface area contributed by atoms with Gasteiger partial charge < -0.3 is 49.1 Å². The molecule has 3 atom stereocenters. The van der Waals surface area contributed by atoms with E-state index in [1.807, 2.05) is 79.5 Å². The number of halogens is 3. The summed E-state index contributed by atoms with van der Waals surface area (Å²) >= 11 is 18.5. The number of hydrogen-bond acceptors (Lipinski definition) is 13. The number of nitrogens with zero attached hydrogens (tertiary/aromatic N) is 12. The number of anilines is 6. The first kappa shape index (κ1) is 59.6. The van der Waals surface area contributed by atoms with Gasteiger partial charge in [0, 0.05) is 107 Å². The lowest BCUT2D eigenvalue weighted by atomic mass is 9.87. The largest absolute Gasteiger partial charge is 0.497 e. The number of urea groups is 3. The van der Waals surface area contributed by atoms with Crippen LogP contribution >= 0.6 is 34.8 Å². The predicted molar refractivity (Wildman–Crippen MR) is 338 cm³/mol. The second-order valence-corrected chi connectivity index (χ2v) is 23.6. The second kappa shape index (κ2) is 25.7. The van der Waals surface area contributed by atoms with Crippen LogP contribution in [0.2, 0.25) is 15.1 Å². The fraction of sp³-hybridized carbons (Fsp3) is 0.350. The maximum Gasteiger partial charge on any atom is 0.324 e. The van der Waals surface area contributed by atoms with Gasteiger partial charge in [0.05, 0.1) is 50.3 Å². The molecule has 22 nitrogen and oxygen atoms in total. The average Bonchev–Trinajstić information content (AvgIpc) is 4.45. The lowest BCUT2D eigenvalue weighted by Crippen LogP contribution is -2.55. The van der Waals surface area contributed by atoms with E-state index in [4.69, 9.17) is 39.5 Å². The number of hydrogen-bond donors (Lipinski definition) is 6. The lowest BCUT2D eigenvalue weighted by molar-refractivity contribution is 0.184. The molecule has 0 spiro atoms. The lowest BCUT2D eigenvalue weighted by Gasteiger charge is -2.40. The Morgan fingerprint density at radius 3 is 1.35 bits per heavy atom. The molecule has 6 amide bonds. The number of imidazole rings is 3. The van der Waals surface area contributed by atoms with Gasteiger partial charge in [-0.15, -0.1) is 0 Å². The smallest absolute Gasteiger partial charge is 0.324 e. The number of benzene rings is 3. The summed E-state index contributed by atoms with van der Waals surface area (Å²) in [5, 5.41) is 10.5. The molecular formula is C60H69Cl3N18O4. The van der Waals surface area contributed by atoms with E-state index in [1.54, 1.807) is 47.5 Å². The van der Waals surface area contributed by atoms with Crippen molar-refractivity contribution >= 4 is 121 Å². The van der Waals surface area contributed by atoms with E-state index in [2.05, 4.69) is 128 Å². The van der Waals surface area contributed by atoms with E-state index < -0.39 is 0 Å². The number of piperazine rings is 3. The molecule has 3 saturated heterocycles. The summed E-state index contributed by atoms with van der Waals surface area (Å²) in [5.41, 5.74) is 7.31. The highest BCUT2D eigenvalue weighted by Gasteiger charge is 2.32. The third-order valence-electron chi connectivity index (χ3n) is 15.2. The molecule has 12 rings (SSSR count). The van der Waals surface area contributed by atoms with Crippen molar-refractivity contribution in [1.82, 2.24) is 59.6 Å². The summed E-state index contributed by atoms with van der Waals surface area (Å²) in [4.78, 5) is 86.2. The number of aromatic amines is 3. The SMILES string of the molecule is COc1ccc2nc(NC(=O)N3CCN(c4ncccc4Cl)C[C@H]3C)[nH]c2c1.C[C@@H]1CN(c2ncccc2Cl)CCN1C(=O)Nc1nc2ccc(Cl)cc2[nH]1.Cc1cccnc1N1CCN(C(=O)Nc2nc3ccc(C(C)(C)C)cc3[nH]2)[C@H](C)C1. The van der Waals surface area contributed by atoms with Crippen molar-refractivity contribution < 1.29 is 19.1 Å². The Labute approximate surface area is 507 Å². The number of aryl methyl sites for hydroxylation is 1. The summed E-state index contributed by atoms with van der Waals surface area (Å²) in [6, 6.07) is 27.9. The molecule has 9 heterocycles. The normalized spacial score (nSPS) is 17.3. The Hall–Kier alpha value is -8.60. The highest BCUT2D eigenvalue weighted by atomic mass is 35.5. The first-order chi connectivity index (χ1) is 40.8. The molecule has 9 aromatic rings. The summed E-state index contributed by atoms with van der Waals surface area (Å²) in [6.45, 7) is 20.6. The van der Waals surface area contributed by atoms with Crippen molar-refractivity contribution in [3.63, 3.8) is 0 Å². The van der Waals surface area contributed by atoms with Crippen molar-refractivity contribution in [3.05, 3.63) is 136 Å². The van der Waals surface area contributed by atoms with Crippen LogP contribution in [0.15, 0.2) is 110 Å². The zero-order chi connectivity index (χ0) is 60.1. The molecule has 0 radical (unpaired) electrons. The Kier molecular flexibility index (Phi) is 18.0. The van der Waals surface area contributed by atoms with Gasteiger partial charge in [-0.3, -0.25) is 16.0 Å². The van der Waals surface area contributed by atoms with Gasteiger partial charge in [0.1, 0.15) is 23.2 Å². The fourth-order valence-electron chi connectivity index (χ4n) is 10.7. The van der Waals surface area contributed by atoms with Gasteiger partial charge >= 0.3 is 18.1 Å². The maximum atomic E-state index is 12.9. The van der Waals surface area contributed by atoms with E-state index in [-0.39, 0.29) is 41.6 Å². The van der Waals surface area contributed by atoms with Gasteiger partial charge in [-0.1, -0.05) is 67.7 Å². The molecule has 0 saturated carbocycles. The number of H-pyrrole nitrogens is 3. The Morgan fingerprint density at radius 1 is 0.529 bits per heavy atom. The highest BCUT2D eigenvalue weighted by molar-refractivity contribution is 6.33. The van der Waals surface area contributed by atoms with E-state index in [0.29, 0.717) is 78.7 Å². The quantitative estimate of drug-likeness (QED) is 0.0871. The van der Waals surface area contributed by atoms with Gasteiger partial charge in [0.15, 0.2) is 0 Å². The van der Waals surface area contributed by atoms with Crippen LogP contribution < -0.4 is 35.4 Å². The van der Waals surface area contributed by atoms with Crippen LogP contribution in [-0.2, 0) is 5.41 Å². The molecule has 0 bridgehead atoms. The van der Waals surface area contributed by atoms with Crippen LogP contribution in [0.4, 0.5) is 49.7 Å². The summed E-state index contributed by atoms with van der Waals surface area (Å²) in [7, 11) is 1.61. The number of rotatable bonds is 7. The Morgan fingerprint density at radius 2 is 0.929 bits per heavy atom. The molecule has 3 aromatic carbocycles. The summed E-state index contributed by atoms with van der Waals surface area (Å²) < 4.78 is 5.21. The highest BCUT2D eigenvalue weighted by Crippen LogP contribution is 2.30. The van der Waals surface area contributed by atoms with Crippen LogP contribution in [0.3, 0.4) is 0 Å². The third kappa shape index (κ3) is 14.0. The molecular weight excluding hydrogens is 1140 g/mol. The molecule has 6 aromatic heterocycles. The predicted octanol–water partition coefficient (Wildman–Crippen LogP) is 11.7. The number of ether oxygens (including phenoxy) is 1. The van der Waals surface area contributed by atoms with Gasteiger partial charge in [-0.25, -0.2) is 44.3 Å². The molecule has 3 fully saturated rings. The van der Waals surface area contributed by atoms with Crippen molar-refractivity contribution in [2.75, 3.05) is 96.7 Å². The monoisotopic (exact) mass is 1210 g/mol. The topological polar surface area (TPSA) is 241 Å². The number of carbonyl (C=O) groups excluding carboxylic acids is 3. The number of carbonyl (C=O) groups is 3. The van der Waals surface area contributed by atoms with Crippen molar-refractivity contribution in [1.29, 1.82) is 0 Å². The molecule has 3 aliphatic rings. The van der Waals surface area contributed by atoms with E-state index in [9.17, 15) is 14.4 Å². The third-order valence-corrected chi connectivity index (χ3v) is 16.0. The minimum atomic E-state index is -0.195. The van der Waals surface area contributed by atoms with Crippen LogP contribution in [0, 0.1) is 6.92 Å². The van der Waals surface area contributed by atoms with Gasteiger partial charge in [0.2, 0.25) is 17.8 Å². The molecule has 0 unspecified atom stereocenters. The van der Waals surface area contributed by atoms with Crippen molar-refractivity contribution in [2.45, 2.75) is 72.0 Å². The standard InChI is InChI=1S/C23H30N6O.C19H21ClN6O2.C18H18Cl2N6O/c1-15-7-6-10-24-20(15)28-11-12-29(16(2)14-28)22(30)27-21-25-18-9-8-17(23(3,4)5)13-19(18)26-21;1-12-11-25(17-14(20)4-3-7-21-17)8-9-26(12)19(27)24-18-22-15-6-5-13(28-2)10-16(15)23-18;1-11-10-25(16-13(20)3-2-6-21-16)7-8-26(11)18(27)24-17-22-14-5-4-12(19)9-15(14)23-17/h6-10,13,16H,11-12,14H2,1-5H3,(H2,25,26,27,30);3-7,10,12H,8-9,11H2,1-2H3,(H2,22,23,24,27);2-6,9,11H,7-8,10H2,1H3,(H2,22,23,24,27)/t16-;12-;11-/m111/s1. The Balaban J connectivity index is 0.000000142. The van der Waals surface area contributed by atoms with E-state index in [0.717, 1.165) is 75.0 Å². The van der Waals surface area contributed by atoms with Gasteiger partial charge in [-0.05, 0) is 117 Å². The van der Waals surface area contributed by atoms with E-state index >= 15 is 0 Å². The van der Waals surface area contributed by atoms with Crippen molar-refractivity contribution in [2.24, 2.45) is 0 Å². The molecule has 444 valence electrons. The van der Waals surface area contributed by atoms with Crippen LogP contribution in [-0.4, -0.2) is 162 Å². The van der Waals surface area contributed by atoms with Crippen LogP contribution in [0.1, 0.15) is 52.7 Å². The van der Waals surface area contributed by atoms with E-state index in [1.165, 1.54) is 5.56 Å². The average molecular weight is 1210 g/mol. The summed E-state index contributed by atoms with van der Waals surface area (Å²) in [6.07, 6.45) is 5.26. The summed E-state index contributed by atoms with van der Waals surface area (Å²) in [5.74, 6) is 4.53. The molecule has 3 aliphatic heterocycles. The second-order valence-electron chi connectivity index (χ2n) is 22.3. The molecule has 25 heteroatoms. The maximum absolute atomic E-state index is 12.9. The van der Waals surface area contributed by atoms with Crippen LogP contribution in [0.25, 0.3) is 33.1 Å². The Bertz CT molecular complexity index is 3850. The number of pyridine rings is 3. The van der Waals surface area contributed by atoms with Crippen molar-refractivity contribution in [3.8, 4) is 5.75 Å². The van der Waals surface area contributed by atoms with Gasteiger partial charge in [0.25, 0.3) is 0 Å². The molecule has 0 aliphatic carbocycles. The van der Waals surface area contributed by atoms with Crippen LogP contribution in [0.5, 0.6) is 5.75 Å². The molecule has 6 N–H and O–H groups in total. The number of amides is 6. The first-order valence-corrected chi connectivity index (χ1v) is 29.2.